The minimum Gasteiger partial charge on any atom is -0.469 e. The van der Waals surface area contributed by atoms with Crippen LogP contribution in [0.3, 0.4) is 0 Å². The Hall–Kier alpha value is -0.410. The molecule has 19 heavy (non-hydrogen) atoms. The van der Waals surface area contributed by atoms with Crippen LogP contribution >= 0.6 is 12.4 Å². The third-order valence-electron chi connectivity index (χ3n) is 3.00. The molecule has 0 spiro atoms. The second-order valence-corrected chi connectivity index (χ2v) is 6.45. The van der Waals surface area contributed by atoms with E-state index < -0.39 is 16.2 Å². The van der Waals surface area contributed by atoms with Gasteiger partial charge >= 0.3 is 5.97 Å². The summed E-state index contributed by atoms with van der Waals surface area (Å²) in [5.74, 6) is -0.424. The van der Waals surface area contributed by atoms with E-state index in [-0.39, 0.29) is 31.4 Å². The highest BCUT2D eigenvalue weighted by atomic mass is 35.5. The summed E-state index contributed by atoms with van der Waals surface area (Å²) in [5, 5.41) is 0. The van der Waals surface area contributed by atoms with Crippen molar-refractivity contribution in [3.05, 3.63) is 0 Å². The average molecular weight is 316 g/mol. The van der Waals surface area contributed by atoms with E-state index in [0.717, 1.165) is 12.8 Å². The maximum atomic E-state index is 12.2. The van der Waals surface area contributed by atoms with E-state index in [2.05, 4.69) is 4.74 Å². The Morgan fingerprint density at radius 1 is 1.53 bits per heavy atom. The van der Waals surface area contributed by atoms with Gasteiger partial charge in [-0.15, -0.1) is 12.4 Å². The molecule has 0 aromatic heterocycles. The van der Waals surface area contributed by atoms with Crippen molar-refractivity contribution in [2.75, 3.05) is 33.8 Å². The van der Waals surface area contributed by atoms with Crippen LogP contribution in [0.1, 0.15) is 19.3 Å². The van der Waals surface area contributed by atoms with Gasteiger partial charge in [0.15, 0.2) is 0 Å². The summed E-state index contributed by atoms with van der Waals surface area (Å²) in [6.45, 7) is 0.935. The van der Waals surface area contributed by atoms with E-state index in [0.29, 0.717) is 13.1 Å². The molecule has 0 amide bonds. The number of methoxy groups -OCH3 is 1. The number of halogens is 1. The molecule has 0 radical (unpaired) electrons. The summed E-state index contributed by atoms with van der Waals surface area (Å²) in [7, 11) is -0.785. The molecule has 1 saturated heterocycles. The van der Waals surface area contributed by atoms with Crippen LogP contribution in [0.15, 0.2) is 0 Å². The largest absolute Gasteiger partial charge is 0.469 e. The van der Waals surface area contributed by atoms with Gasteiger partial charge in [-0.3, -0.25) is 4.79 Å². The lowest BCUT2D eigenvalue weighted by molar-refractivity contribution is -0.140. The minimum atomic E-state index is -3.52. The predicted octanol–water partition coefficient (Wildman–Crippen LogP) is -0.429. The number of nitrogens with two attached hydrogens (primary N) is 1. The van der Waals surface area contributed by atoms with Gasteiger partial charge in [0.25, 0.3) is 10.2 Å². The zero-order valence-corrected chi connectivity index (χ0v) is 12.9. The lowest BCUT2D eigenvalue weighted by Crippen LogP contribution is -2.50. The molecule has 0 aromatic rings. The average Bonchev–Trinajstić information content (AvgIpc) is 2.35. The molecule has 0 bridgehead atoms. The molecule has 1 aliphatic heterocycles. The van der Waals surface area contributed by atoms with Crippen molar-refractivity contribution in [3.63, 3.8) is 0 Å². The van der Waals surface area contributed by atoms with E-state index in [1.165, 1.54) is 22.8 Å². The zero-order chi connectivity index (χ0) is 13.8. The molecule has 114 valence electrons. The Balaban J connectivity index is 0.00000324. The first-order chi connectivity index (χ1) is 8.37. The van der Waals surface area contributed by atoms with Crippen molar-refractivity contribution in [1.29, 1.82) is 0 Å². The van der Waals surface area contributed by atoms with Crippen LogP contribution < -0.4 is 5.73 Å². The van der Waals surface area contributed by atoms with E-state index in [4.69, 9.17) is 5.73 Å². The number of carbonyl (C=O) groups excluding carboxylic acids is 1. The van der Waals surface area contributed by atoms with Crippen molar-refractivity contribution in [2.24, 2.45) is 5.73 Å². The van der Waals surface area contributed by atoms with Gasteiger partial charge in [-0.05, 0) is 12.8 Å². The van der Waals surface area contributed by atoms with E-state index in [1.807, 2.05) is 0 Å². The third kappa shape index (κ3) is 5.23. The van der Waals surface area contributed by atoms with Gasteiger partial charge in [0.05, 0.1) is 13.5 Å². The van der Waals surface area contributed by atoms with Gasteiger partial charge in [-0.1, -0.05) is 0 Å². The molecular formula is C10H22ClN3O4S. The van der Waals surface area contributed by atoms with Crippen molar-refractivity contribution in [2.45, 2.75) is 25.3 Å². The zero-order valence-electron chi connectivity index (χ0n) is 11.2. The van der Waals surface area contributed by atoms with Crippen LogP contribution in [-0.2, 0) is 19.7 Å². The summed E-state index contributed by atoms with van der Waals surface area (Å²) in [6.07, 6.45) is 1.66. The Labute approximate surface area is 120 Å². The minimum absolute atomic E-state index is 0. The van der Waals surface area contributed by atoms with Crippen molar-refractivity contribution < 1.29 is 17.9 Å². The first-order valence-corrected chi connectivity index (χ1v) is 7.31. The fourth-order valence-electron chi connectivity index (χ4n) is 1.85. The van der Waals surface area contributed by atoms with Crippen molar-refractivity contribution in [1.82, 2.24) is 8.61 Å². The predicted molar refractivity (Wildman–Crippen MR) is 74.2 cm³/mol. The van der Waals surface area contributed by atoms with Crippen LogP contribution in [0.25, 0.3) is 0 Å². The Morgan fingerprint density at radius 3 is 2.68 bits per heavy atom. The van der Waals surface area contributed by atoms with Gasteiger partial charge in [-0.25, -0.2) is 0 Å². The van der Waals surface area contributed by atoms with Gasteiger partial charge in [0.2, 0.25) is 0 Å². The normalized spacial score (nSPS) is 20.9. The van der Waals surface area contributed by atoms with E-state index >= 15 is 0 Å². The highest BCUT2D eigenvalue weighted by Gasteiger charge is 2.30. The maximum Gasteiger partial charge on any atom is 0.306 e. The number of hydrogen-bond donors (Lipinski definition) is 1. The first kappa shape index (κ1) is 18.6. The standard InChI is InChI=1S/C10H21N3O4S.ClH/c1-12(7-5-10(14)17-2)18(15,16)13-6-3-4-9(11)8-13;/h9H,3-8,11H2,1-2H3;1H. The summed E-state index contributed by atoms with van der Waals surface area (Å²) in [5.41, 5.74) is 5.77. The van der Waals surface area contributed by atoms with Gasteiger partial charge < -0.3 is 10.5 Å². The number of hydrogen-bond acceptors (Lipinski definition) is 5. The van der Waals surface area contributed by atoms with Crippen LogP contribution in [-0.4, -0.2) is 62.8 Å². The lowest BCUT2D eigenvalue weighted by atomic mass is 10.1. The summed E-state index contributed by atoms with van der Waals surface area (Å²) < 4.78 is 31.4. The number of carbonyl (C=O) groups is 1. The lowest BCUT2D eigenvalue weighted by Gasteiger charge is -2.32. The van der Waals surface area contributed by atoms with E-state index in [9.17, 15) is 13.2 Å². The third-order valence-corrected chi connectivity index (χ3v) is 4.95. The number of nitrogens with zero attached hydrogens (tertiary/aromatic N) is 2. The smallest absolute Gasteiger partial charge is 0.306 e. The number of rotatable bonds is 5. The van der Waals surface area contributed by atoms with Gasteiger partial charge in [0.1, 0.15) is 0 Å². The Kier molecular flexibility index (Phi) is 7.83. The SMILES string of the molecule is COC(=O)CCN(C)S(=O)(=O)N1CCCC(N)C1.Cl. The molecule has 1 rings (SSSR count). The number of piperidine rings is 1. The molecule has 0 aliphatic carbocycles. The molecule has 2 N–H and O–H groups in total. The van der Waals surface area contributed by atoms with Crippen LogP contribution in [0.2, 0.25) is 0 Å². The highest BCUT2D eigenvalue weighted by Crippen LogP contribution is 2.15. The molecular weight excluding hydrogens is 294 g/mol. The molecule has 1 heterocycles. The molecule has 7 nitrogen and oxygen atoms in total. The highest BCUT2D eigenvalue weighted by molar-refractivity contribution is 7.86. The van der Waals surface area contributed by atoms with Crippen molar-refractivity contribution in [3.8, 4) is 0 Å². The number of esters is 1. The summed E-state index contributed by atoms with van der Waals surface area (Å²) in [4.78, 5) is 11.0. The fourth-order valence-corrected chi connectivity index (χ4v) is 3.30. The quantitative estimate of drug-likeness (QED) is 0.695. The molecule has 9 heteroatoms. The van der Waals surface area contributed by atoms with Gasteiger partial charge in [0, 0.05) is 32.7 Å². The monoisotopic (exact) mass is 315 g/mol. The molecule has 1 unspecified atom stereocenters. The van der Waals surface area contributed by atoms with Crippen LogP contribution in [0.4, 0.5) is 0 Å². The summed E-state index contributed by atoms with van der Waals surface area (Å²) >= 11 is 0. The summed E-state index contributed by atoms with van der Waals surface area (Å²) in [6, 6.07) is -0.109. The topological polar surface area (TPSA) is 92.9 Å². The molecule has 1 aliphatic rings. The first-order valence-electron chi connectivity index (χ1n) is 5.91. The van der Waals surface area contributed by atoms with Gasteiger partial charge in [-0.2, -0.15) is 17.0 Å². The molecule has 0 saturated carbocycles. The van der Waals surface area contributed by atoms with E-state index in [1.54, 1.807) is 0 Å². The maximum absolute atomic E-state index is 12.2. The second-order valence-electron chi connectivity index (χ2n) is 4.42. The van der Waals surface area contributed by atoms with Crippen LogP contribution in [0, 0.1) is 0 Å². The Bertz CT molecular complexity index is 390. The molecule has 0 aromatic carbocycles. The second kappa shape index (κ2) is 8.01. The van der Waals surface area contributed by atoms with Crippen LogP contribution in [0.5, 0.6) is 0 Å². The molecule has 1 atom stereocenters. The van der Waals surface area contributed by atoms with Crippen molar-refractivity contribution >= 4 is 28.6 Å². The fraction of sp³-hybridized carbons (Fsp3) is 0.900. The Morgan fingerprint density at radius 2 is 2.16 bits per heavy atom. The number of ether oxygens (including phenoxy) is 1. The molecule has 1 fully saturated rings.